The third kappa shape index (κ3) is 3.19. The van der Waals surface area contributed by atoms with Gasteiger partial charge in [0.25, 0.3) is 0 Å². The predicted octanol–water partition coefficient (Wildman–Crippen LogP) is 0.833. The van der Waals surface area contributed by atoms with E-state index in [1.54, 1.807) is 0 Å². The SMILES string of the molecule is O=C(NC1CCOCC1)C1CCC(O)CC1. The van der Waals surface area contributed by atoms with E-state index in [-0.39, 0.29) is 17.9 Å². The molecule has 4 heteroatoms. The maximum atomic E-state index is 11.9. The fourth-order valence-corrected chi connectivity index (χ4v) is 2.50. The number of rotatable bonds is 2. The number of amides is 1. The maximum Gasteiger partial charge on any atom is 0.223 e. The van der Waals surface area contributed by atoms with Crippen LogP contribution < -0.4 is 5.32 Å². The van der Waals surface area contributed by atoms with Gasteiger partial charge in [-0.3, -0.25) is 4.79 Å². The zero-order chi connectivity index (χ0) is 11.4. The molecule has 0 aromatic rings. The van der Waals surface area contributed by atoms with Crippen molar-refractivity contribution in [2.45, 2.75) is 50.7 Å². The molecule has 0 spiro atoms. The summed E-state index contributed by atoms with van der Waals surface area (Å²) in [5, 5.41) is 12.5. The Balaban J connectivity index is 1.74. The van der Waals surface area contributed by atoms with Crippen molar-refractivity contribution in [1.29, 1.82) is 0 Å². The molecule has 1 aliphatic carbocycles. The Morgan fingerprint density at radius 2 is 1.69 bits per heavy atom. The summed E-state index contributed by atoms with van der Waals surface area (Å²) in [7, 11) is 0. The fourth-order valence-electron chi connectivity index (χ4n) is 2.50. The number of hydrogen-bond donors (Lipinski definition) is 2. The van der Waals surface area contributed by atoms with Crippen molar-refractivity contribution in [2.24, 2.45) is 5.92 Å². The van der Waals surface area contributed by atoms with Crippen molar-refractivity contribution in [3.8, 4) is 0 Å². The lowest BCUT2D eigenvalue weighted by Crippen LogP contribution is -2.43. The number of aliphatic hydroxyl groups excluding tert-OH is 1. The lowest BCUT2D eigenvalue weighted by Gasteiger charge is -2.28. The first-order chi connectivity index (χ1) is 7.75. The van der Waals surface area contributed by atoms with E-state index >= 15 is 0 Å². The number of aliphatic hydroxyl groups is 1. The van der Waals surface area contributed by atoms with Crippen molar-refractivity contribution in [1.82, 2.24) is 5.32 Å². The molecule has 2 N–H and O–H groups in total. The van der Waals surface area contributed by atoms with E-state index in [9.17, 15) is 9.90 Å². The van der Waals surface area contributed by atoms with Crippen molar-refractivity contribution < 1.29 is 14.6 Å². The molecule has 1 saturated heterocycles. The van der Waals surface area contributed by atoms with Crippen molar-refractivity contribution in [3.63, 3.8) is 0 Å². The molecule has 16 heavy (non-hydrogen) atoms. The number of carbonyl (C=O) groups is 1. The van der Waals surface area contributed by atoms with Crippen LogP contribution in [0.25, 0.3) is 0 Å². The van der Waals surface area contributed by atoms with E-state index in [4.69, 9.17) is 4.74 Å². The number of nitrogens with one attached hydrogen (secondary N) is 1. The molecule has 0 aromatic carbocycles. The van der Waals surface area contributed by atoms with Gasteiger partial charge in [-0.15, -0.1) is 0 Å². The van der Waals surface area contributed by atoms with Gasteiger partial charge in [0.1, 0.15) is 0 Å². The minimum Gasteiger partial charge on any atom is -0.393 e. The lowest BCUT2D eigenvalue weighted by molar-refractivity contribution is -0.127. The first-order valence-electron chi connectivity index (χ1n) is 6.32. The van der Waals surface area contributed by atoms with Gasteiger partial charge in [0.2, 0.25) is 5.91 Å². The van der Waals surface area contributed by atoms with Crippen molar-refractivity contribution in [2.75, 3.05) is 13.2 Å². The summed E-state index contributed by atoms with van der Waals surface area (Å²) in [5.41, 5.74) is 0. The average molecular weight is 227 g/mol. The Bertz CT molecular complexity index is 230. The maximum absolute atomic E-state index is 11.9. The molecule has 1 amide bonds. The minimum absolute atomic E-state index is 0.117. The van der Waals surface area contributed by atoms with Gasteiger partial charge in [0.15, 0.2) is 0 Å². The fraction of sp³-hybridized carbons (Fsp3) is 0.917. The summed E-state index contributed by atoms with van der Waals surface area (Å²) in [6.45, 7) is 1.52. The van der Waals surface area contributed by atoms with Crippen LogP contribution in [0.3, 0.4) is 0 Å². The Hall–Kier alpha value is -0.610. The molecular formula is C12H21NO3. The Morgan fingerprint density at radius 3 is 2.31 bits per heavy atom. The molecule has 1 heterocycles. The van der Waals surface area contributed by atoms with Crippen LogP contribution in [0.2, 0.25) is 0 Å². The molecule has 0 radical (unpaired) electrons. The van der Waals surface area contributed by atoms with Crippen LogP contribution >= 0.6 is 0 Å². The zero-order valence-corrected chi connectivity index (χ0v) is 9.65. The first kappa shape index (κ1) is 11.9. The summed E-state index contributed by atoms with van der Waals surface area (Å²) in [5.74, 6) is 0.296. The highest BCUT2D eigenvalue weighted by Crippen LogP contribution is 2.24. The topological polar surface area (TPSA) is 58.6 Å². The standard InChI is InChI=1S/C12H21NO3/c14-11-3-1-9(2-4-11)12(15)13-10-5-7-16-8-6-10/h9-11,14H,1-8H2,(H,13,15). The predicted molar refractivity (Wildman–Crippen MR) is 59.9 cm³/mol. The Labute approximate surface area is 96.4 Å². The van der Waals surface area contributed by atoms with Gasteiger partial charge < -0.3 is 15.2 Å². The summed E-state index contributed by atoms with van der Waals surface area (Å²) in [4.78, 5) is 11.9. The van der Waals surface area contributed by atoms with Crippen LogP contribution in [0.15, 0.2) is 0 Å². The van der Waals surface area contributed by atoms with E-state index in [1.807, 2.05) is 0 Å². The van der Waals surface area contributed by atoms with Crippen LogP contribution in [0.4, 0.5) is 0 Å². The average Bonchev–Trinajstić information content (AvgIpc) is 2.31. The van der Waals surface area contributed by atoms with Crippen LogP contribution in [0, 0.1) is 5.92 Å². The quantitative estimate of drug-likeness (QED) is 0.734. The van der Waals surface area contributed by atoms with E-state index in [0.717, 1.165) is 51.7 Å². The molecule has 1 saturated carbocycles. The highest BCUT2D eigenvalue weighted by molar-refractivity contribution is 5.79. The zero-order valence-electron chi connectivity index (χ0n) is 9.65. The largest absolute Gasteiger partial charge is 0.393 e. The van der Waals surface area contributed by atoms with Gasteiger partial charge in [-0.2, -0.15) is 0 Å². The Morgan fingerprint density at radius 1 is 1.06 bits per heavy atom. The third-order valence-corrected chi connectivity index (χ3v) is 3.64. The summed E-state index contributed by atoms with van der Waals surface area (Å²) in [6, 6.07) is 0.299. The summed E-state index contributed by atoms with van der Waals surface area (Å²) < 4.78 is 5.26. The molecule has 0 unspecified atom stereocenters. The van der Waals surface area contributed by atoms with Crippen LogP contribution in [0.5, 0.6) is 0 Å². The highest BCUT2D eigenvalue weighted by Gasteiger charge is 2.27. The molecule has 4 nitrogen and oxygen atoms in total. The number of carbonyl (C=O) groups excluding carboxylic acids is 1. The molecule has 92 valence electrons. The second-order valence-electron chi connectivity index (χ2n) is 4.90. The molecule has 2 rings (SSSR count). The van der Waals surface area contributed by atoms with Crippen LogP contribution in [-0.4, -0.2) is 36.4 Å². The molecule has 0 atom stereocenters. The molecular weight excluding hydrogens is 206 g/mol. The Kier molecular flexibility index (Phi) is 4.18. The van der Waals surface area contributed by atoms with Gasteiger partial charge in [-0.25, -0.2) is 0 Å². The van der Waals surface area contributed by atoms with Gasteiger partial charge >= 0.3 is 0 Å². The molecule has 2 aliphatic rings. The second kappa shape index (κ2) is 5.64. The van der Waals surface area contributed by atoms with Crippen LogP contribution in [0.1, 0.15) is 38.5 Å². The van der Waals surface area contributed by atoms with Gasteiger partial charge in [0.05, 0.1) is 6.10 Å². The van der Waals surface area contributed by atoms with E-state index in [0.29, 0.717) is 6.04 Å². The number of ether oxygens (including phenoxy) is 1. The van der Waals surface area contributed by atoms with Crippen molar-refractivity contribution in [3.05, 3.63) is 0 Å². The minimum atomic E-state index is -0.188. The molecule has 1 aliphatic heterocycles. The molecule has 2 fully saturated rings. The second-order valence-corrected chi connectivity index (χ2v) is 4.90. The lowest BCUT2D eigenvalue weighted by atomic mass is 9.86. The highest BCUT2D eigenvalue weighted by atomic mass is 16.5. The monoisotopic (exact) mass is 227 g/mol. The van der Waals surface area contributed by atoms with Gasteiger partial charge in [0, 0.05) is 25.2 Å². The summed E-state index contributed by atoms with van der Waals surface area (Å²) >= 11 is 0. The third-order valence-electron chi connectivity index (χ3n) is 3.64. The first-order valence-corrected chi connectivity index (χ1v) is 6.32. The van der Waals surface area contributed by atoms with E-state index < -0.39 is 0 Å². The van der Waals surface area contributed by atoms with E-state index in [2.05, 4.69) is 5.32 Å². The van der Waals surface area contributed by atoms with E-state index in [1.165, 1.54) is 0 Å². The van der Waals surface area contributed by atoms with Gasteiger partial charge in [-0.1, -0.05) is 0 Å². The molecule has 0 aromatic heterocycles. The van der Waals surface area contributed by atoms with Crippen LogP contribution in [-0.2, 0) is 9.53 Å². The van der Waals surface area contributed by atoms with Gasteiger partial charge in [-0.05, 0) is 38.5 Å². The molecule has 0 bridgehead atoms. The normalized spacial score (nSPS) is 32.3. The van der Waals surface area contributed by atoms with Crippen molar-refractivity contribution >= 4 is 5.91 Å². The smallest absolute Gasteiger partial charge is 0.223 e. The number of hydrogen-bond acceptors (Lipinski definition) is 3. The summed E-state index contributed by atoms with van der Waals surface area (Å²) in [6.07, 6.45) is 4.87.